The van der Waals surface area contributed by atoms with E-state index in [0.29, 0.717) is 21.9 Å². The van der Waals surface area contributed by atoms with Gasteiger partial charge in [-0.1, -0.05) is 30.3 Å². The average molecular weight is 273 g/mol. The molecule has 0 saturated heterocycles. The predicted octanol–water partition coefficient (Wildman–Crippen LogP) is 4.01. The van der Waals surface area contributed by atoms with E-state index in [1.807, 2.05) is 54.6 Å². The quantitative estimate of drug-likeness (QED) is 0.492. The van der Waals surface area contributed by atoms with Gasteiger partial charge in [-0.3, -0.25) is 9.78 Å². The molecule has 0 atom stereocenters. The Morgan fingerprint density at radius 2 is 1.62 bits per heavy atom. The Labute approximate surface area is 120 Å². The number of rotatable bonds is 1. The molecule has 0 spiro atoms. The lowest BCUT2D eigenvalue weighted by Gasteiger charge is -2.06. The molecule has 4 rings (SSSR count). The molecule has 3 heteroatoms. The van der Waals surface area contributed by atoms with E-state index in [-0.39, 0.29) is 5.43 Å². The normalized spacial score (nSPS) is 11.0. The van der Waals surface area contributed by atoms with Gasteiger partial charge in [-0.15, -0.1) is 0 Å². The summed E-state index contributed by atoms with van der Waals surface area (Å²) in [4.78, 5) is 17.1. The Morgan fingerprint density at radius 1 is 0.810 bits per heavy atom. The third-order valence-corrected chi connectivity index (χ3v) is 3.55. The highest BCUT2D eigenvalue weighted by Gasteiger charge is 2.12. The third kappa shape index (κ3) is 1.82. The Kier molecular flexibility index (Phi) is 2.57. The van der Waals surface area contributed by atoms with Crippen LogP contribution in [0.25, 0.3) is 33.2 Å². The van der Waals surface area contributed by atoms with Crippen molar-refractivity contribution in [1.82, 2.24) is 4.98 Å². The first kappa shape index (κ1) is 11.9. The van der Waals surface area contributed by atoms with Crippen LogP contribution in [0.4, 0.5) is 0 Å². The van der Waals surface area contributed by atoms with Crippen LogP contribution >= 0.6 is 0 Å². The number of hydrogen-bond acceptors (Lipinski definition) is 3. The maximum Gasteiger partial charge on any atom is 0.201 e. The van der Waals surface area contributed by atoms with Gasteiger partial charge in [-0.05, 0) is 30.3 Å². The summed E-state index contributed by atoms with van der Waals surface area (Å²) < 4.78 is 5.86. The fourth-order valence-electron chi connectivity index (χ4n) is 2.58. The number of fused-ring (bicyclic) bond motifs is 2. The van der Waals surface area contributed by atoms with Crippen LogP contribution < -0.4 is 5.43 Å². The minimum Gasteiger partial charge on any atom is -0.456 e. The molecule has 0 aliphatic rings. The first-order valence-electron chi connectivity index (χ1n) is 6.70. The summed E-state index contributed by atoms with van der Waals surface area (Å²) in [6.45, 7) is 0. The highest BCUT2D eigenvalue weighted by Crippen LogP contribution is 2.27. The fraction of sp³-hybridized carbons (Fsp3) is 0. The molecule has 3 nitrogen and oxygen atoms in total. The highest BCUT2D eigenvalue weighted by atomic mass is 16.3. The molecular formula is C18H11NO2. The van der Waals surface area contributed by atoms with E-state index in [1.54, 1.807) is 12.3 Å². The van der Waals surface area contributed by atoms with Gasteiger partial charge >= 0.3 is 0 Å². The van der Waals surface area contributed by atoms with Crippen molar-refractivity contribution in [2.45, 2.75) is 0 Å². The minimum absolute atomic E-state index is 0.0203. The standard InChI is InChI=1S/C18H11NO2/c20-18-13-6-1-2-9-15(13)21-16-10-5-7-12(17(16)18)14-8-3-4-11-19-14/h1-11H. The summed E-state index contributed by atoms with van der Waals surface area (Å²) in [6.07, 6.45) is 1.72. The average Bonchev–Trinajstić information content (AvgIpc) is 2.55. The lowest BCUT2D eigenvalue weighted by Crippen LogP contribution is -2.03. The summed E-state index contributed by atoms with van der Waals surface area (Å²) in [5.41, 5.74) is 2.74. The van der Waals surface area contributed by atoms with E-state index in [0.717, 1.165) is 11.3 Å². The van der Waals surface area contributed by atoms with Crippen LogP contribution in [0.3, 0.4) is 0 Å². The fourth-order valence-corrected chi connectivity index (χ4v) is 2.58. The molecule has 0 bridgehead atoms. The van der Waals surface area contributed by atoms with Crippen molar-refractivity contribution in [2.24, 2.45) is 0 Å². The molecule has 0 N–H and O–H groups in total. The Hall–Kier alpha value is -2.94. The van der Waals surface area contributed by atoms with E-state index in [4.69, 9.17) is 4.42 Å². The lowest BCUT2D eigenvalue weighted by atomic mass is 10.0. The van der Waals surface area contributed by atoms with Crippen LogP contribution in [0.15, 0.2) is 76.1 Å². The van der Waals surface area contributed by atoms with E-state index in [1.165, 1.54) is 0 Å². The van der Waals surface area contributed by atoms with Crippen LogP contribution in [0.5, 0.6) is 0 Å². The van der Waals surface area contributed by atoms with Gasteiger partial charge < -0.3 is 4.42 Å². The molecular weight excluding hydrogens is 262 g/mol. The largest absolute Gasteiger partial charge is 0.456 e. The number of para-hydroxylation sites is 1. The van der Waals surface area contributed by atoms with Gasteiger partial charge in [0.15, 0.2) is 0 Å². The zero-order valence-corrected chi connectivity index (χ0v) is 11.1. The molecule has 2 heterocycles. The maximum absolute atomic E-state index is 12.8. The molecule has 0 amide bonds. The topological polar surface area (TPSA) is 43.1 Å². The summed E-state index contributed by atoms with van der Waals surface area (Å²) in [5, 5.41) is 1.17. The van der Waals surface area contributed by atoms with Crippen molar-refractivity contribution in [3.63, 3.8) is 0 Å². The van der Waals surface area contributed by atoms with Crippen molar-refractivity contribution in [2.75, 3.05) is 0 Å². The minimum atomic E-state index is -0.0203. The second-order valence-corrected chi connectivity index (χ2v) is 4.82. The lowest BCUT2D eigenvalue weighted by molar-refractivity contribution is 0.660. The number of aromatic nitrogens is 1. The molecule has 0 aliphatic heterocycles. The predicted molar refractivity (Wildman–Crippen MR) is 83.2 cm³/mol. The molecule has 4 aromatic rings. The van der Waals surface area contributed by atoms with Gasteiger partial charge in [0.2, 0.25) is 5.43 Å². The molecule has 0 unspecified atom stereocenters. The Bertz CT molecular complexity index is 1000. The van der Waals surface area contributed by atoms with Crippen molar-refractivity contribution in [3.05, 3.63) is 77.1 Å². The highest BCUT2D eigenvalue weighted by molar-refractivity contribution is 5.98. The van der Waals surface area contributed by atoms with Gasteiger partial charge in [0, 0.05) is 11.8 Å². The second kappa shape index (κ2) is 4.56. The van der Waals surface area contributed by atoms with Crippen LogP contribution in [0.1, 0.15) is 0 Å². The van der Waals surface area contributed by atoms with Crippen LogP contribution in [0, 0.1) is 0 Å². The monoisotopic (exact) mass is 273 g/mol. The number of pyridine rings is 1. The number of hydrogen-bond donors (Lipinski definition) is 0. The van der Waals surface area contributed by atoms with Crippen LogP contribution in [-0.2, 0) is 0 Å². The summed E-state index contributed by atoms with van der Waals surface area (Å²) in [6, 6.07) is 18.5. The van der Waals surface area contributed by atoms with Crippen molar-refractivity contribution < 1.29 is 4.42 Å². The van der Waals surface area contributed by atoms with Gasteiger partial charge in [0.05, 0.1) is 16.5 Å². The van der Waals surface area contributed by atoms with Gasteiger partial charge in [0.25, 0.3) is 0 Å². The summed E-state index contributed by atoms with van der Waals surface area (Å²) in [5.74, 6) is 0. The van der Waals surface area contributed by atoms with Crippen molar-refractivity contribution >= 4 is 21.9 Å². The zero-order chi connectivity index (χ0) is 14.2. The second-order valence-electron chi connectivity index (χ2n) is 4.82. The first-order chi connectivity index (χ1) is 10.3. The van der Waals surface area contributed by atoms with Crippen molar-refractivity contribution in [3.8, 4) is 11.3 Å². The molecule has 0 fully saturated rings. The Morgan fingerprint density at radius 3 is 2.48 bits per heavy atom. The molecule has 0 saturated carbocycles. The molecule has 100 valence electrons. The molecule has 0 aliphatic carbocycles. The summed E-state index contributed by atoms with van der Waals surface area (Å²) >= 11 is 0. The van der Waals surface area contributed by atoms with Crippen LogP contribution in [-0.4, -0.2) is 4.98 Å². The number of nitrogens with zero attached hydrogens (tertiary/aromatic N) is 1. The molecule has 21 heavy (non-hydrogen) atoms. The molecule has 2 aromatic heterocycles. The smallest absolute Gasteiger partial charge is 0.201 e. The summed E-state index contributed by atoms with van der Waals surface area (Å²) in [7, 11) is 0. The van der Waals surface area contributed by atoms with Gasteiger partial charge in [-0.25, -0.2) is 0 Å². The van der Waals surface area contributed by atoms with Crippen LogP contribution in [0.2, 0.25) is 0 Å². The van der Waals surface area contributed by atoms with E-state index in [2.05, 4.69) is 4.98 Å². The zero-order valence-electron chi connectivity index (χ0n) is 11.1. The third-order valence-electron chi connectivity index (χ3n) is 3.55. The van der Waals surface area contributed by atoms with E-state index >= 15 is 0 Å². The van der Waals surface area contributed by atoms with E-state index < -0.39 is 0 Å². The Balaban J connectivity index is 2.19. The molecule has 2 aromatic carbocycles. The van der Waals surface area contributed by atoms with Crippen molar-refractivity contribution in [1.29, 1.82) is 0 Å². The van der Waals surface area contributed by atoms with E-state index in [9.17, 15) is 4.79 Å². The molecule has 0 radical (unpaired) electrons. The maximum atomic E-state index is 12.8. The number of benzene rings is 2. The SMILES string of the molecule is O=c1c2ccccc2oc2cccc(-c3ccccn3)c12. The van der Waals surface area contributed by atoms with Gasteiger partial charge in [0.1, 0.15) is 11.2 Å². The van der Waals surface area contributed by atoms with Gasteiger partial charge in [-0.2, -0.15) is 0 Å². The first-order valence-corrected chi connectivity index (χ1v) is 6.70.